The fraction of sp³-hybridized carbons (Fsp3) is 0.143. The number of anilines is 1. The Morgan fingerprint density at radius 1 is 0.844 bits per heavy atom. The van der Waals surface area contributed by atoms with E-state index in [1.165, 1.54) is 5.56 Å². The SMILES string of the molecule is O=C1CC(c2ccccc2)CC2=C1C(c1ccc(O)cc1)c1c(ccc3ncccc13)N2. The summed E-state index contributed by atoms with van der Waals surface area (Å²) < 4.78 is 0. The van der Waals surface area contributed by atoms with Gasteiger partial charge >= 0.3 is 0 Å². The third-order valence-corrected chi connectivity index (χ3v) is 6.69. The van der Waals surface area contributed by atoms with Crippen molar-refractivity contribution >= 4 is 22.4 Å². The lowest BCUT2D eigenvalue weighted by atomic mass is 9.71. The first-order valence-corrected chi connectivity index (χ1v) is 10.9. The average molecular weight is 418 g/mol. The molecule has 0 fully saturated rings. The van der Waals surface area contributed by atoms with Crippen LogP contribution in [0.3, 0.4) is 0 Å². The molecule has 2 atom stereocenters. The molecule has 0 spiro atoms. The lowest BCUT2D eigenvalue weighted by Crippen LogP contribution is -2.30. The van der Waals surface area contributed by atoms with E-state index in [-0.39, 0.29) is 23.4 Å². The van der Waals surface area contributed by atoms with Gasteiger partial charge in [-0.25, -0.2) is 0 Å². The minimum atomic E-state index is -0.195. The van der Waals surface area contributed by atoms with Gasteiger partial charge in [-0.05, 0) is 59.4 Å². The Hall–Kier alpha value is -3.92. The maximum Gasteiger partial charge on any atom is 0.162 e. The van der Waals surface area contributed by atoms with Crippen molar-refractivity contribution in [2.45, 2.75) is 24.7 Å². The zero-order valence-electron chi connectivity index (χ0n) is 17.5. The topological polar surface area (TPSA) is 62.2 Å². The van der Waals surface area contributed by atoms with E-state index in [0.717, 1.165) is 45.4 Å². The van der Waals surface area contributed by atoms with Crippen LogP contribution in [0.5, 0.6) is 5.75 Å². The minimum absolute atomic E-state index is 0.166. The third kappa shape index (κ3) is 2.99. The molecule has 4 heteroatoms. The number of allylic oxidation sites excluding steroid dienone is 2. The highest BCUT2D eigenvalue weighted by Crippen LogP contribution is 2.49. The van der Waals surface area contributed by atoms with Gasteiger partial charge in [0.25, 0.3) is 0 Å². The highest BCUT2D eigenvalue weighted by Gasteiger charge is 2.39. The molecule has 0 bridgehead atoms. The van der Waals surface area contributed by atoms with Gasteiger partial charge in [0.05, 0.1) is 5.52 Å². The number of phenols is 1. The van der Waals surface area contributed by atoms with Crippen LogP contribution in [0, 0.1) is 0 Å². The molecule has 3 aromatic carbocycles. The van der Waals surface area contributed by atoms with Gasteiger partial charge in [-0.1, -0.05) is 48.5 Å². The monoisotopic (exact) mass is 418 g/mol. The molecule has 0 radical (unpaired) electrons. The first kappa shape index (κ1) is 18.8. The van der Waals surface area contributed by atoms with Crippen LogP contribution in [-0.2, 0) is 4.79 Å². The number of ketones is 1. The molecule has 1 aromatic heterocycles. The van der Waals surface area contributed by atoms with E-state index in [2.05, 4.69) is 34.6 Å². The number of carbonyl (C=O) groups is 1. The summed E-state index contributed by atoms with van der Waals surface area (Å²) in [6, 6.07) is 25.6. The van der Waals surface area contributed by atoms with Gasteiger partial charge in [-0.3, -0.25) is 9.78 Å². The van der Waals surface area contributed by atoms with Crippen LogP contribution >= 0.6 is 0 Å². The van der Waals surface area contributed by atoms with E-state index in [1.807, 2.05) is 42.5 Å². The molecule has 1 aliphatic carbocycles. The van der Waals surface area contributed by atoms with Gasteiger partial charge in [-0.15, -0.1) is 0 Å². The van der Waals surface area contributed by atoms with Crippen molar-refractivity contribution in [1.82, 2.24) is 4.98 Å². The number of pyridine rings is 1. The number of Topliss-reactive ketones (excluding diaryl/α,β-unsaturated/α-hetero) is 1. The molecular weight excluding hydrogens is 396 g/mol. The second kappa shape index (κ2) is 7.34. The van der Waals surface area contributed by atoms with Crippen LogP contribution in [0.1, 0.15) is 41.4 Å². The highest BCUT2D eigenvalue weighted by atomic mass is 16.3. The summed E-state index contributed by atoms with van der Waals surface area (Å²) in [5.41, 5.74) is 7.04. The number of aromatic nitrogens is 1. The molecule has 0 saturated carbocycles. The second-order valence-corrected chi connectivity index (χ2v) is 8.58. The number of aromatic hydroxyl groups is 1. The van der Waals surface area contributed by atoms with Crippen LogP contribution < -0.4 is 5.32 Å². The van der Waals surface area contributed by atoms with E-state index in [9.17, 15) is 9.90 Å². The van der Waals surface area contributed by atoms with Crippen molar-refractivity contribution in [2.75, 3.05) is 5.32 Å². The summed E-state index contributed by atoms with van der Waals surface area (Å²) in [4.78, 5) is 18.2. The molecule has 2 heterocycles. The Balaban J connectivity index is 1.55. The lowest BCUT2D eigenvalue weighted by molar-refractivity contribution is -0.116. The standard InChI is InChI=1S/C28H22N2O2/c31-20-10-8-18(9-11-20)26-27-21-7-4-14-29-22(21)12-13-23(27)30-24-15-19(16-25(32)28(24)26)17-5-2-1-3-6-17/h1-14,19,26,30-31H,15-16H2. The summed E-state index contributed by atoms with van der Waals surface area (Å²) in [5, 5.41) is 14.5. The van der Waals surface area contributed by atoms with Crippen LogP contribution in [-0.4, -0.2) is 15.9 Å². The van der Waals surface area contributed by atoms with Crippen LogP contribution in [0.4, 0.5) is 5.69 Å². The molecule has 4 nitrogen and oxygen atoms in total. The van der Waals surface area contributed by atoms with Crippen LogP contribution in [0.15, 0.2) is 96.3 Å². The van der Waals surface area contributed by atoms with E-state index < -0.39 is 0 Å². The maximum absolute atomic E-state index is 13.6. The number of nitrogens with one attached hydrogen (secondary N) is 1. The number of fused-ring (bicyclic) bond motifs is 3. The van der Waals surface area contributed by atoms with Crippen molar-refractivity contribution < 1.29 is 9.90 Å². The number of nitrogens with zero attached hydrogens (tertiary/aromatic N) is 1. The van der Waals surface area contributed by atoms with Gasteiger partial charge in [0.1, 0.15) is 5.75 Å². The maximum atomic E-state index is 13.6. The Labute approximate surface area is 186 Å². The van der Waals surface area contributed by atoms with Crippen molar-refractivity contribution in [3.63, 3.8) is 0 Å². The minimum Gasteiger partial charge on any atom is -0.508 e. The molecule has 0 amide bonds. The van der Waals surface area contributed by atoms with Gasteiger partial charge < -0.3 is 10.4 Å². The molecule has 2 aliphatic rings. The van der Waals surface area contributed by atoms with Gasteiger partial charge in [0, 0.05) is 40.9 Å². The summed E-state index contributed by atoms with van der Waals surface area (Å²) in [6.07, 6.45) is 3.09. The predicted molar refractivity (Wildman–Crippen MR) is 126 cm³/mol. The Morgan fingerprint density at radius 3 is 2.47 bits per heavy atom. The first-order chi connectivity index (χ1) is 15.7. The number of carbonyl (C=O) groups excluding carboxylic acids is 1. The van der Waals surface area contributed by atoms with Crippen LogP contribution in [0.2, 0.25) is 0 Å². The summed E-state index contributed by atoms with van der Waals surface area (Å²) in [6.45, 7) is 0. The number of phenolic OH excluding ortho intramolecular Hbond substituents is 1. The molecule has 0 saturated heterocycles. The smallest absolute Gasteiger partial charge is 0.162 e. The largest absolute Gasteiger partial charge is 0.508 e. The van der Waals surface area contributed by atoms with Gasteiger partial charge in [0.15, 0.2) is 5.78 Å². The predicted octanol–water partition coefficient (Wildman–Crippen LogP) is 5.90. The van der Waals surface area contributed by atoms with Crippen molar-refractivity contribution in [3.05, 3.63) is 113 Å². The Bertz CT molecular complexity index is 1370. The molecule has 2 N–H and O–H groups in total. The van der Waals surface area contributed by atoms with Crippen molar-refractivity contribution in [2.24, 2.45) is 0 Å². The normalized spacial score (nSPS) is 19.9. The summed E-state index contributed by atoms with van der Waals surface area (Å²) in [7, 11) is 0. The van der Waals surface area contributed by atoms with E-state index in [0.29, 0.717) is 6.42 Å². The Kier molecular flexibility index (Phi) is 4.32. The third-order valence-electron chi connectivity index (χ3n) is 6.69. The number of hydrogen-bond acceptors (Lipinski definition) is 4. The molecule has 2 unspecified atom stereocenters. The zero-order chi connectivity index (χ0) is 21.7. The first-order valence-electron chi connectivity index (χ1n) is 10.9. The molecule has 32 heavy (non-hydrogen) atoms. The van der Waals surface area contributed by atoms with E-state index >= 15 is 0 Å². The molecule has 6 rings (SSSR count). The molecular formula is C28H22N2O2. The molecule has 4 aromatic rings. The molecule has 1 aliphatic heterocycles. The van der Waals surface area contributed by atoms with Crippen molar-refractivity contribution in [3.8, 4) is 5.75 Å². The van der Waals surface area contributed by atoms with E-state index in [1.54, 1.807) is 18.3 Å². The summed E-state index contributed by atoms with van der Waals surface area (Å²) in [5.74, 6) is 0.367. The number of benzene rings is 3. The van der Waals surface area contributed by atoms with Gasteiger partial charge in [0.2, 0.25) is 0 Å². The summed E-state index contributed by atoms with van der Waals surface area (Å²) >= 11 is 0. The quantitative estimate of drug-likeness (QED) is 0.426. The lowest BCUT2D eigenvalue weighted by Gasteiger charge is -2.37. The fourth-order valence-corrected chi connectivity index (χ4v) is 5.25. The van der Waals surface area contributed by atoms with Gasteiger partial charge in [-0.2, -0.15) is 0 Å². The highest BCUT2D eigenvalue weighted by molar-refractivity contribution is 6.04. The van der Waals surface area contributed by atoms with Crippen molar-refractivity contribution in [1.29, 1.82) is 0 Å². The van der Waals surface area contributed by atoms with Crippen LogP contribution in [0.25, 0.3) is 10.9 Å². The number of hydrogen-bond donors (Lipinski definition) is 2. The Morgan fingerprint density at radius 2 is 1.66 bits per heavy atom. The molecule has 156 valence electrons. The second-order valence-electron chi connectivity index (χ2n) is 8.58. The fourth-order valence-electron chi connectivity index (χ4n) is 5.25. The zero-order valence-corrected chi connectivity index (χ0v) is 17.5. The average Bonchev–Trinajstić information content (AvgIpc) is 2.83. The van der Waals surface area contributed by atoms with E-state index in [4.69, 9.17) is 0 Å². The number of rotatable bonds is 2.